The second kappa shape index (κ2) is 5.71. The summed E-state index contributed by atoms with van der Waals surface area (Å²) in [5.41, 5.74) is 0.477. The van der Waals surface area contributed by atoms with Crippen LogP contribution >= 0.6 is 0 Å². The highest BCUT2D eigenvalue weighted by Gasteiger charge is 2.33. The van der Waals surface area contributed by atoms with Crippen LogP contribution in [0.1, 0.15) is 59.3 Å². The number of rotatable bonds is 2. The van der Waals surface area contributed by atoms with Crippen molar-refractivity contribution in [1.29, 1.82) is 0 Å². The third kappa shape index (κ3) is 4.26. The van der Waals surface area contributed by atoms with Gasteiger partial charge in [-0.2, -0.15) is 0 Å². The fourth-order valence-electron chi connectivity index (χ4n) is 3.76. The molecule has 2 rings (SSSR count). The first-order valence-corrected chi connectivity index (χ1v) is 7.41. The SMILES string of the molecule is CC1CC(OC2CCCNCC2)CC(C)(C)C1. The minimum atomic E-state index is 0.477. The van der Waals surface area contributed by atoms with Crippen molar-refractivity contribution in [1.82, 2.24) is 5.32 Å². The van der Waals surface area contributed by atoms with Gasteiger partial charge in [0.2, 0.25) is 0 Å². The van der Waals surface area contributed by atoms with E-state index in [-0.39, 0.29) is 0 Å². The maximum absolute atomic E-state index is 6.38. The summed E-state index contributed by atoms with van der Waals surface area (Å²) in [5.74, 6) is 0.827. The smallest absolute Gasteiger partial charge is 0.0591 e. The van der Waals surface area contributed by atoms with E-state index in [0.717, 1.165) is 12.5 Å². The van der Waals surface area contributed by atoms with Gasteiger partial charge >= 0.3 is 0 Å². The molecule has 0 aromatic carbocycles. The maximum atomic E-state index is 6.38. The van der Waals surface area contributed by atoms with Gasteiger partial charge in [-0.05, 0) is 62.9 Å². The van der Waals surface area contributed by atoms with E-state index in [9.17, 15) is 0 Å². The molecule has 17 heavy (non-hydrogen) atoms. The van der Waals surface area contributed by atoms with Crippen molar-refractivity contribution in [2.24, 2.45) is 11.3 Å². The highest BCUT2D eigenvalue weighted by Crippen LogP contribution is 2.40. The second-order valence-electron chi connectivity index (χ2n) is 6.97. The minimum absolute atomic E-state index is 0.477. The van der Waals surface area contributed by atoms with Gasteiger partial charge in [-0.15, -0.1) is 0 Å². The zero-order valence-corrected chi connectivity index (χ0v) is 11.8. The molecule has 1 aliphatic heterocycles. The van der Waals surface area contributed by atoms with Gasteiger partial charge in [-0.1, -0.05) is 20.8 Å². The molecular formula is C15H29NO. The topological polar surface area (TPSA) is 21.3 Å². The summed E-state index contributed by atoms with van der Waals surface area (Å²) in [5, 5.41) is 3.46. The monoisotopic (exact) mass is 239 g/mol. The molecule has 100 valence electrons. The van der Waals surface area contributed by atoms with Crippen molar-refractivity contribution in [3.05, 3.63) is 0 Å². The third-order valence-electron chi connectivity index (χ3n) is 4.25. The summed E-state index contributed by atoms with van der Waals surface area (Å²) in [6, 6.07) is 0. The molecule has 2 nitrogen and oxygen atoms in total. The molecule has 1 aliphatic carbocycles. The van der Waals surface area contributed by atoms with Crippen LogP contribution in [0.25, 0.3) is 0 Å². The summed E-state index contributed by atoms with van der Waals surface area (Å²) in [4.78, 5) is 0. The number of hydrogen-bond donors (Lipinski definition) is 1. The summed E-state index contributed by atoms with van der Waals surface area (Å²) in [7, 11) is 0. The Balaban J connectivity index is 1.84. The zero-order valence-electron chi connectivity index (χ0n) is 11.8. The van der Waals surface area contributed by atoms with Crippen molar-refractivity contribution >= 4 is 0 Å². The Hall–Kier alpha value is -0.0800. The van der Waals surface area contributed by atoms with Gasteiger partial charge < -0.3 is 10.1 Å². The van der Waals surface area contributed by atoms with Gasteiger partial charge in [0, 0.05) is 0 Å². The van der Waals surface area contributed by atoms with Crippen LogP contribution in [-0.2, 0) is 4.74 Å². The van der Waals surface area contributed by atoms with E-state index in [1.54, 1.807) is 0 Å². The van der Waals surface area contributed by atoms with Gasteiger partial charge in [0.1, 0.15) is 0 Å². The van der Waals surface area contributed by atoms with Crippen LogP contribution < -0.4 is 5.32 Å². The molecule has 0 radical (unpaired) electrons. The Kier molecular flexibility index (Phi) is 4.48. The molecule has 0 bridgehead atoms. The number of nitrogens with one attached hydrogen (secondary N) is 1. The quantitative estimate of drug-likeness (QED) is 0.798. The normalized spacial score (nSPS) is 38.6. The predicted molar refractivity (Wildman–Crippen MR) is 72.2 cm³/mol. The van der Waals surface area contributed by atoms with Crippen molar-refractivity contribution in [2.45, 2.75) is 71.5 Å². The molecule has 1 saturated carbocycles. The molecule has 0 aromatic heterocycles. The Bertz CT molecular complexity index is 231. The first-order valence-electron chi connectivity index (χ1n) is 7.41. The van der Waals surface area contributed by atoms with Gasteiger partial charge in [-0.3, -0.25) is 0 Å². The van der Waals surface area contributed by atoms with E-state index in [0.29, 0.717) is 17.6 Å². The molecule has 1 saturated heterocycles. The maximum Gasteiger partial charge on any atom is 0.0591 e. The van der Waals surface area contributed by atoms with Crippen LogP contribution in [-0.4, -0.2) is 25.3 Å². The highest BCUT2D eigenvalue weighted by atomic mass is 16.5. The van der Waals surface area contributed by atoms with Gasteiger partial charge in [0.25, 0.3) is 0 Å². The van der Waals surface area contributed by atoms with E-state index in [2.05, 4.69) is 26.1 Å². The lowest BCUT2D eigenvalue weighted by molar-refractivity contribution is -0.0686. The molecule has 1 heterocycles. The molecule has 0 amide bonds. The van der Waals surface area contributed by atoms with Gasteiger partial charge in [0.05, 0.1) is 12.2 Å². The summed E-state index contributed by atoms with van der Waals surface area (Å²) < 4.78 is 6.38. The summed E-state index contributed by atoms with van der Waals surface area (Å²) in [6.07, 6.45) is 8.63. The number of hydrogen-bond acceptors (Lipinski definition) is 2. The van der Waals surface area contributed by atoms with E-state index in [4.69, 9.17) is 4.74 Å². The molecule has 2 fully saturated rings. The largest absolute Gasteiger partial charge is 0.375 e. The Morgan fingerprint density at radius 3 is 2.65 bits per heavy atom. The molecule has 2 heteroatoms. The van der Waals surface area contributed by atoms with Gasteiger partial charge in [0.15, 0.2) is 0 Å². The second-order valence-corrected chi connectivity index (χ2v) is 6.97. The Morgan fingerprint density at radius 2 is 1.88 bits per heavy atom. The first-order chi connectivity index (χ1) is 8.05. The lowest BCUT2D eigenvalue weighted by Gasteiger charge is -2.40. The van der Waals surface area contributed by atoms with Crippen LogP contribution in [0.5, 0.6) is 0 Å². The standard InChI is InChI=1S/C15H29NO/c1-12-9-14(11-15(2,3)10-12)17-13-5-4-7-16-8-6-13/h12-14,16H,4-11H2,1-3H3. The van der Waals surface area contributed by atoms with Crippen molar-refractivity contribution in [3.63, 3.8) is 0 Å². The zero-order chi connectivity index (χ0) is 12.3. The minimum Gasteiger partial charge on any atom is -0.375 e. The predicted octanol–water partition coefficient (Wildman–Crippen LogP) is 3.36. The van der Waals surface area contributed by atoms with Crippen LogP contribution in [0.15, 0.2) is 0 Å². The Morgan fingerprint density at radius 1 is 1.06 bits per heavy atom. The van der Waals surface area contributed by atoms with Crippen LogP contribution in [0.3, 0.4) is 0 Å². The number of ether oxygens (including phenoxy) is 1. The van der Waals surface area contributed by atoms with E-state index in [1.807, 2.05) is 0 Å². The van der Waals surface area contributed by atoms with Gasteiger partial charge in [-0.25, -0.2) is 0 Å². The van der Waals surface area contributed by atoms with Crippen molar-refractivity contribution in [2.75, 3.05) is 13.1 Å². The summed E-state index contributed by atoms with van der Waals surface area (Å²) in [6.45, 7) is 9.48. The molecular weight excluding hydrogens is 210 g/mol. The molecule has 3 unspecified atom stereocenters. The third-order valence-corrected chi connectivity index (χ3v) is 4.25. The average Bonchev–Trinajstić information content (AvgIpc) is 2.42. The lowest BCUT2D eigenvalue weighted by atomic mass is 9.71. The van der Waals surface area contributed by atoms with Crippen molar-refractivity contribution < 1.29 is 4.74 Å². The molecule has 0 aromatic rings. The lowest BCUT2D eigenvalue weighted by Crippen LogP contribution is -2.35. The fraction of sp³-hybridized carbons (Fsp3) is 1.00. The van der Waals surface area contributed by atoms with Crippen LogP contribution in [0.4, 0.5) is 0 Å². The summed E-state index contributed by atoms with van der Waals surface area (Å²) >= 11 is 0. The highest BCUT2D eigenvalue weighted by molar-refractivity contribution is 4.84. The average molecular weight is 239 g/mol. The molecule has 2 aliphatic rings. The molecule has 3 atom stereocenters. The van der Waals surface area contributed by atoms with Crippen LogP contribution in [0, 0.1) is 11.3 Å². The molecule has 1 N–H and O–H groups in total. The first kappa shape index (κ1) is 13.4. The van der Waals surface area contributed by atoms with E-state index < -0.39 is 0 Å². The van der Waals surface area contributed by atoms with Crippen molar-refractivity contribution in [3.8, 4) is 0 Å². The van der Waals surface area contributed by atoms with E-state index >= 15 is 0 Å². The van der Waals surface area contributed by atoms with E-state index in [1.165, 1.54) is 45.1 Å². The fourth-order valence-corrected chi connectivity index (χ4v) is 3.76. The Labute approximate surface area is 107 Å². The van der Waals surface area contributed by atoms with Crippen LogP contribution in [0.2, 0.25) is 0 Å². The molecule has 0 spiro atoms.